The summed E-state index contributed by atoms with van der Waals surface area (Å²) in [5.41, 5.74) is 8.96. The smallest absolute Gasteiger partial charge is 0.130 e. The summed E-state index contributed by atoms with van der Waals surface area (Å²) in [7, 11) is 0. The van der Waals surface area contributed by atoms with Crippen LogP contribution in [0, 0.1) is 0 Å². The van der Waals surface area contributed by atoms with E-state index in [0.29, 0.717) is 6.54 Å². The number of nitrogens with one attached hydrogen (secondary N) is 1. The van der Waals surface area contributed by atoms with Gasteiger partial charge in [0.1, 0.15) is 17.9 Å². The summed E-state index contributed by atoms with van der Waals surface area (Å²) in [4.78, 5) is 8.48. The molecule has 1 aromatic heterocycles. The normalized spacial score (nSPS) is 11.9. The highest BCUT2D eigenvalue weighted by Gasteiger charge is 2.06. The van der Waals surface area contributed by atoms with Crippen LogP contribution in [0.5, 0.6) is 5.75 Å². The summed E-state index contributed by atoms with van der Waals surface area (Å²) >= 11 is 0. The van der Waals surface area contributed by atoms with Gasteiger partial charge in [-0.15, -0.1) is 0 Å². The molecule has 3 aromatic rings. The Morgan fingerprint density at radius 2 is 1.74 bits per heavy atom. The van der Waals surface area contributed by atoms with Crippen molar-refractivity contribution in [1.82, 2.24) is 9.97 Å². The van der Waals surface area contributed by atoms with Gasteiger partial charge < -0.3 is 16.2 Å². The number of phenols is 1. The van der Waals surface area contributed by atoms with Gasteiger partial charge in [-0.1, -0.05) is 30.3 Å². The van der Waals surface area contributed by atoms with Gasteiger partial charge in [-0.3, -0.25) is 0 Å². The summed E-state index contributed by atoms with van der Waals surface area (Å²) in [5, 5.41) is 12.6. The van der Waals surface area contributed by atoms with Crippen LogP contribution in [0.15, 0.2) is 67.0 Å². The first kappa shape index (κ1) is 15.0. The Balaban J connectivity index is 1.69. The van der Waals surface area contributed by atoms with Crippen LogP contribution >= 0.6 is 0 Å². The Hall–Kier alpha value is -2.92. The SMILES string of the molecule is NC(CNc1cc(-c2ccc(O)cc2)ncn1)c1ccccc1. The quantitative estimate of drug-likeness (QED) is 0.675. The van der Waals surface area contributed by atoms with Gasteiger partial charge >= 0.3 is 0 Å². The van der Waals surface area contributed by atoms with Gasteiger partial charge in [-0.25, -0.2) is 9.97 Å². The second kappa shape index (κ2) is 6.89. The van der Waals surface area contributed by atoms with E-state index in [1.54, 1.807) is 12.1 Å². The minimum atomic E-state index is -0.108. The van der Waals surface area contributed by atoms with Crippen molar-refractivity contribution in [3.05, 3.63) is 72.6 Å². The summed E-state index contributed by atoms with van der Waals surface area (Å²) in [5.74, 6) is 0.949. The average Bonchev–Trinajstić information content (AvgIpc) is 2.61. The van der Waals surface area contributed by atoms with E-state index < -0.39 is 0 Å². The molecule has 0 amide bonds. The number of benzene rings is 2. The topological polar surface area (TPSA) is 84.1 Å². The van der Waals surface area contributed by atoms with Gasteiger partial charge in [0.15, 0.2) is 0 Å². The van der Waals surface area contributed by atoms with Crippen LogP contribution in [0.4, 0.5) is 5.82 Å². The third-order valence-corrected chi connectivity index (χ3v) is 3.56. The lowest BCUT2D eigenvalue weighted by Crippen LogP contribution is -2.20. The summed E-state index contributed by atoms with van der Waals surface area (Å²) < 4.78 is 0. The molecule has 0 spiro atoms. The molecular formula is C18H18N4O. The zero-order chi connectivity index (χ0) is 16.1. The van der Waals surface area contributed by atoms with Crippen LogP contribution in [-0.4, -0.2) is 21.6 Å². The third-order valence-electron chi connectivity index (χ3n) is 3.56. The van der Waals surface area contributed by atoms with Crippen molar-refractivity contribution < 1.29 is 5.11 Å². The fourth-order valence-corrected chi connectivity index (χ4v) is 2.28. The summed E-state index contributed by atoms with van der Waals surface area (Å²) in [6, 6.07) is 18.6. The van der Waals surface area contributed by atoms with Crippen molar-refractivity contribution in [3.8, 4) is 17.0 Å². The standard InChI is InChI=1S/C18H18N4O/c19-16(13-4-2-1-3-5-13)11-20-18-10-17(21-12-22-18)14-6-8-15(23)9-7-14/h1-10,12,16,23H,11,19H2,(H,20,21,22). The number of hydrogen-bond acceptors (Lipinski definition) is 5. The van der Waals surface area contributed by atoms with Gasteiger partial charge in [0.05, 0.1) is 5.69 Å². The number of nitrogens with zero attached hydrogens (tertiary/aromatic N) is 2. The monoisotopic (exact) mass is 306 g/mol. The van der Waals surface area contributed by atoms with Crippen LogP contribution in [0.2, 0.25) is 0 Å². The molecule has 23 heavy (non-hydrogen) atoms. The molecule has 0 radical (unpaired) electrons. The van der Waals surface area contributed by atoms with E-state index in [9.17, 15) is 5.11 Å². The van der Waals surface area contributed by atoms with Crippen LogP contribution in [0.1, 0.15) is 11.6 Å². The van der Waals surface area contributed by atoms with Gasteiger partial charge in [0.25, 0.3) is 0 Å². The molecule has 0 aliphatic rings. The van der Waals surface area contributed by atoms with E-state index in [2.05, 4.69) is 15.3 Å². The molecule has 3 rings (SSSR count). The van der Waals surface area contributed by atoms with Crippen LogP contribution in [0.3, 0.4) is 0 Å². The lowest BCUT2D eigenvalue weighted by Gasteiger charge is -2.13. The second-order valence-corrected chi connectivity index (χ2v) is 5.23. The highest BCUT2D eigenvalue weighted by atomic mass is 16.3. The van der Waals surface area contributed by atoms with Gasteiger partial charge in [0.2, 0.25) is 0 Å². The zero-order valence-corrected chi connectivity index (χ0v) is 12.6. The maximum atomic E-state index is 9.35. The van der Waals surface area contributed by atoms with Crippen molar-refractivity contribution in [1.29, 1.82) is 0 Å². The molecule has 0 aliphatic carbocycles. The number of aromatic hydroxyl groups is 1. The Labute approximate surface area is 134 Å². The predicted molar refractivity (Wildman–Crippen MR) is 91.0 cm³/mol. The summed E-state index contributed by atoms with van der Waals surface area (Å²) in [6.07, 6.45) is 1.51. The lowest BCUT2D eigenvalue weighted by molar-refractivity contribution is 0.475. The molecule has 4 N–H and O–H groups in total. The van der Waals surface area contributed by atoms with E-state index in [1.165, 1.54) is 6.33 Å². The first-order valence-corrected chi connectivity index (χ1v) is 7.38. The van der Waals surface area contributed by atoms with E-state index in [-0.39, 0.29) is 11.8 Å². The van der Waals surface area contributed by atoms with Crippen molar-refractivity contribution in [2.24, 2.45) is 5.73 Å². The molecule has 1 atom stereocenters. The highest BCUT2D eigenvalue weighted by molar-refractivity contribution is 5.62. The Morgan fingerprint density at radius 1 is 1.00 bits per heavy atom. The molecule has 0 fully saturated rings. The van der Waals surface area contributed by atoms with Crippen LogP contribution in [0.25, 0.3) is 11.3 Å². The molecule has 1 unspecified atom stereocenters. The van der Waals surface area contributed by atoms with Crippen molar-refractivity contribution >= 4 is 5.82 Å². The minimum absolute atomic E-state index is 0.108. The van der Waals surface area contributed by atoms with Gasteiger partial charge in [-0.2, -0.15) is 0 Å². The molecular weight excluding hydrogens is 288 g/mol. The van der Waals surface area contributed by atoms with Gasteiger partial charge in [0, 0.05) is 24.2 Å². The van der Waals surface area contributed by atoms with Crippen molar-refractivity contribution in [2.45, 2.75) is 6.04 Å². The number of hydrogen-bond donors (Lipinski definition) is 3. The molecule has 5 nitrogen and oxygen atoms in total. The highest BCUT2D eigenvalue weighted by Crippen LogP contribution is 2.21. The number of phenolic OH excluding ortho intramolecular Hbond substituents is 1. The number of anilines is 1. The lowest BCUT2D eigenvalue weighted by atomic mass is 10.1. The fraction of sp³-hybridized carbons (Fsp3) is 0.111. The zero-order valence-electron chi connectivity index (χ0n) is 12.6. The molecule has 0 bridgehead atoms. The maximum Gasteiger partial charge on any atom is 0.130 e. The van der Waals surface area contributed by atoms with Gasteiger partial charge in [-0.05, 0) is 29.8 Å². The maximum absolute atomic E-state index is 9.35. The number of rotatable bonds is 5. The van der Waals surface area contributed by atoms with Crippen molar-refractivity contribution in [3.63, 3.8) is 0 Å². The van der Waals surface area contributed by atoms with Crippen LogP contribution < -0.4 is 11.1 Å². The molecule has 116 valence electrons. The fourth-order valence-electron chi connectivity index (χ4n) is 2.28. The number of aromatic nitrogens is 2. The third kappa shape index (κ3) is 3.84. The molecule has 0 saturated carbocycles. The molecule has 1 heterocycles. The molecule has 0 saturated heterocycles. The van der Waals surface area contributed by atoms with E-state index >= 15 is 0 Å². The predicted octanol–water partition coefficient (Wildman–Crippen LogP) is 2.96. The summed E-state index contributed by atoms with van der Waals surface area (Å²) in [6.45, 7) is 0.579. The van der Waals surface area contributed by atoms with E-state index in [4.69, 9.17) is 5.73 Å². The van der Waals surface area contributed by atoms with Crippen molar-refractivity contribution in [2.75, 3.05) is 11.9 Å². The Bertz CT molecular complexity index is 759. The second-order valence-electron chi connectivity index (χ2n) is 5.23. The largest absolute Gasteiger partial charge is 0.508 e. The first-order valence-electron chi connectivity index (χ1n) is 7.38. The molecule has 5 heteroatoms. The Kier molecular flexibility index (Phi) is 4.49. The van der Waals surface area contributed by atoms with Crippen LogP contribution in [-0.2, 0) is 0 Å². The molecule has 0 aliphatic heterocycles. The minimum Gasteiger partial charge on any atom is -0.508 e. The average molecular weight is 306 g/mol. The number of nitrogens with two attached hydrogens (primary N) is 1. The van der Waals surface area contributed by atoms with E-state index in [1.807, 2.05) is 48.5 Å². The first-order chi connectivity index (χ1) is 11.2. The Morgan fingerprint density at radius 3 is 2.48 bits per heavy atom. The molecule has 2 aromatic carbocycles. The van der Waals surface area contributed by atoms with E-state index in [0.717, 1.165) is 22.6 Å².